The van der Waals surface area contributed by atoms with Crippen LogP contribution in [0.1, 0.15) is 32.7 Å². The van der Waals surface area contributed by atoms with E-state index in [1.807, 2.05) is 19.9 Å². The molecule has 2 bridgehead atoms. The van der Waals surface area contributed by atoms with E-state index in [1.165, 1.54) is 12.1 Å². The molecule has 1 N–H and O–H groups in total. The first-order valence-electron chi connectivity index (χ1n) is 11.3. The van der Waals surface area contributed by atoms with Crippen LogP contribution in [0.4, 0.5) is 16.0 Å². The Morgan fingerprint density at radius 1 is 1.15 bits per heavy atom. The lowest BCUT2D eigenvalue weighted by atomic mass is 9.92. The number of hydrogen-bond donors (Lipinski definition) is 1. The largest absolute Gasteiger partial charge is 0.480 e. The summed E-state index contributed by atoms with van der Waals surface area (Å²) in [6, 6.07) is 8.64. The zero-order valence-corrected chi connectivity index (χ0v) is 19.0. The molecule has 174 valence electrons. The molecule has 10 heteroatoms. The number of fused-ring (bicyclic) bond motifs is 2. The van der Waals surface area contributed by atoms with Crippen molar-refractivity contribution < 1.29 is 13.9 Å². The summed E-state index contributed by atoms with van der Waals surface area (Å²) in [5.41, 5.74) is 1.03. The fourth-order valence-corrected chi connectivity index (χ4v) is 4.84. The molecule has 1 aliphatic carbocycles. The smallest absolute Gasteiger partial charge is 0.322 e. The molecule has 2 aliphatic rings. The van der Waals surface area contributed by atoms with E-state index in [1.54, 1.807) is 30.1 Å². The predicted molar refractivity (Wildman–Crippen MR) is 121 cm³/mol. The Morgan fingerprint density at radius 2 is 1.94 bits per heavy atom. The molecule has 1 aliphatic heterocycles. The van der Waals surface area contributed by atoms with E-state index >= 15 is 0 Å². The molecule has 5 rings (SSSR count). The number of benzene rings is 1. The average Bonchev–Trinajstić information content (AvgIpc) is 3.29. The Hall–Kier alpha value is -3.43. The highest BCUT2D eigenvalue weighted by Crippen LogP contribution is 2.40. The first kappa shape index (κ1) is 21.4. The van der Waals surface area contributed by atoms with Gasteiger partial charge < -0.3 is 19.7 Å². The minimum Gasteiger partial charge on any atom is -0.480 e. The Bertz CT molecular complexity index is 1110. The van der Waals surface area contributed by atoms with E-state index < -0.39 is 0 Å². The number of hydrogen-bond acceptors (Lipinski definition) is 8. The lowest BCUT2D eigenvalue weighted by molar-refractivity contribution is 0.371. The fraction of sp³-hybridized carbons (Fsp3) is 0.478. The van der Waals surface area contributed by atoms with E-state index in [0.29, 0.717) is 35.4 Å². The molecule has 0 spiro atoms. The molecule has 1 unspecified atom stereocenters. The van der Waals surface area contributed by atoms with Crippen LogP contribution >= 0.6 is 0 Å². The summed E-state index contributed by atoms with van der Waals surface area (Å²) in [6.07, 6.45) is 4.08. The third-order valence-corrected chi connectivity index (χ3v) is 6.42. The minimum atomic E-state index is -0.355. The van der Waals surface area contributed by atoms with Gasteiger partial charge in [0.15, 0.2) is 0 Å². The van der Waals surface area contributed by atoms with Crippen LogP contribution in [0, 0.1) is 17.7 Å². The van der Waals surface area contributed by atoms with E-state index in [4.69, 9.17) is 9.47 Å². The van der Waals surface area contributed by atoms with Gasteiger partial charge in [0.2, 0.25) is 11.8 Å². The van der Waals surface area contributed by atoms with Crippen LogP contribution in [0.25, 0.3) is 0 Å². The van der Waals surface area contributed by atoms with Gasteiger partial charge in [-0.3, -0.25) is 0 Å². The van der Waals surface area contributed by atoms with Crippen molar-refractivity contribution in [1.82, 2.24) is 25.0 Å². The molecule has 0 radical (unpaired) electrons. The van der Waals surface area contributed by atoms with Gasteiger partial charge in [-0.1, -0.05) is 6.07 Å². The van der Waals surface area contributed by atoms with Crippen LogP contribution in [-0.2, 0) is 0 Å². The highest BCUT2D eigenvalue weighted by Gasteiger charge is 2.43. The Labute approximate surface area is 191 Å². The number of methoxy groups -OCH3 is 1. The second kappa shape index (κ2) is 8.84. The van der Waals surface area contributed by atoms with Crippen molar-refractivity contribution >= 4 is 11.6 Å². The van der Waals surface area contributed by atoms with Gasteiger partial charge in [-0.15, -0.1) is 10.2 Å². The SMILES string of the molecule is COc1cc(N2C[C@H]3CC[C@@H](C2)C3Nc2nc(Oc3cccc(F)c3)n(C(C)C)n2)cnn1. The second-order valence-corrected chi connectivity index (χ2v) is 8.94. The molecule has 9 nitrogen and oxygen atoms in total. The quantitative estimate of drug-likeness (QED) is 0.576. The summed E-state index contributed by atoms with van der Waals surface area (Å²) in [5, 5.41) is 16.3. The maximum absolute atomic E-state index is 13.6. The van der Waals surface area contributed by atoms with Crippen molar-refractivity contribution in [2.24, 2.45) is 11.8 Å². The van der Waals surface area contributed by atoms with Crippen molar-refractivity contribution in [2.75, 3.05) is 30.4 Å². The number of ether oxygens (including phenoxy) is 2. The zero-order chi connectivity index (χ0) is 22.9. The number of rotatable bonds is 7. The molecule has 33 heavy (non-hydrogen) atoms. The molecule has 0 amide bonds. The van der Waals surface area contributed by atoms with E-state index in [-0.39, 0.29) is 17.9 Å². The monoisotopic (exact) mass is 453 g/mol. The molecule has 3 heterocycles. The third-order valence-electron chi connectivity index (χ3n) is 6.42. The summed E-state index contributed by atoms with van der Waals surface area (Å²) in [7, 11) is 1.60. The number of nitrogens with one attached hydrogen (secondary N) is 1. The highest BCUT2D eigenvalue weighted by molar-refractivity contribution is 5.48. The first-order chi connectivity index (χ1) is 16.0. The molecular formula is C23H28FN7O2. The zero-order valence-electron chi connectivity index (χ0n) is 19.0. The Kier molecular flexibility index (Phi) is 5.74. The van der Waals surface area contributed by atoms with E-state index in [9.17, 15) is 4.39 Å². The topological polar surface area (TPSA) is 90.2 Å². The summed E-state index contributed by atoms with van der Waals surface area (Å²) >= 11 is 0. The molecule has 2 fully saturated rings. The molecule has 3 atom stereocenters. The maximum Gasteiger partial charge on any atom is 0.322 e. The predicted octanol–water partition coefficient (Wildman–Crippen LogP) is 3.92. The average molecular weight is 454 g/mol. The number of piperidine rings is 1. The van der Waals surface area contributed by atoms with Crippen LogP contribution in [0.3, 0.4) is 0 Å². The van der Waals surface area contributed by atoms with Crippen LogP contribution in [0.5, 0.6) is 17.6 Å². The molecular weight excluding hydrogens is 425 g/mol. The first-order valence-corrected chi connectivity index (χ1v) is 11.3. The number of halogens is 1. The molecule has 1 aromatic carbocycles. The van der Waals surface area contributed by atoms with Crippen LogP contribution in [-0.4, -0.2) is 51.2 Å². The molecule has 1 saturated carbocycles. The highest BCUT2D eigenvalue weighted by atomic mass is 19.1. The van der Waals surface area contributed by atoms with Gasteiger partial charge in [-0.05, 0) is 50.7 Å². The van der Waals surface area contributed by atoms with Crippen molar-refractivity contribution in [1.29, 1.82) is 0 Å². The van der Waals surface area contributed by atoms with Crippen LogP contribution < -0.4 is 19.7 Å². The summed E-state index contributed by atoms with van der Waals surface area (Å²) in [4.78, 5) is 6.95. The van der Waals surface area contributed by atoms with Gasteiger partial charge in [0.1, 0.15) is 11.6 Å². The van der Waals surface area contributed by atoms with Gasteiger partial charge >= 0.3 is 6.01 Å². The number of anilines is 2. The minimum absolute atomic E-state index is 0.0457. The molecule has 1 saturated heterocycles. The van der Waals surface area contributed by atoms with Gasteiger partial charge in [0.25, 0.3) is 0 Å². The summed E-state index contributed by atoms with van der Waals surface area (Å²) in [5.74, 6) is 2.02. The van der Waals surface area contributed by atoms with Gasteiger partial charge in [0, 0.05) is 31.3 Å². The maximum atomic E-state index is 13.6. The van der Waals surface area contributed by atoms with Crippen molar-refractivity contribution in [3.8, 4) is 17.6 Å². The standard InChI is InChI=1S/C23H28FN7O2/c1-14(2)31-23(33-19-6-4-5-17(24)9-19)27-22(29-31)26-21-15-7-8-16(21)13-30(12-15)18-10-20(32-3)28-25-11-18/h4-6,9-11,14-16,21H,7-8,12-13H2,1-3H3,(H,26,29)/t15-,16+,21?. The van der Waals surface area contributed by atoms with Crippen molar-refractivity contribution in [2.45, 2.75) is 38.8 Å². The summed E-state index contributed by atoms with van der Waals surface area (Å²) in [6.45, 7) is 5.85. The fourth-order valence-electron chi connectivity index (χ4n) is 4.84. The normalized spacial score (nSPS) is 22.0. The number of aromatic nitrogens is 5. The van der Waals surface area contributed by atoms with Gasteiger partial charge in [-0.25, -0.2) is 9.07 Å². The lowest BCUT2D eigenvalue weighted by Gasteiger charge is -2.39. The Balaban J connectivity index is 1.31. The summed E-state index contributed by atoms with van der Waals surface area (Å²) < 4.78 is 26.4. The Morgan fingerprint density at radius 3 is 2.64 bits per heavy atom. The number of nitrogens with zero attached hydrogens (tertiary/aromatic N) is 6. The van der Waals surface area contributed by atoms with E-state index in [0.717, 1.165) is 31.6 Å². The third kappa shape index (κ3) is 4.42. The lowest BCUT2D eigenvalue weighted by Crippen LogP contribution is -2.48. The second-order valence-electron chi connectivity index (χ2n) is 8.94. The van der Waals surface area contributed by atoms with Crippen LogP contribution in [0.2, 0.25) is 0 Å². The molecule has 2 aromatic heterocycles. The van der Waals surface area contributed by atoms with E-state index in [2.05, 4.69) is 30.5 Å². The van der Waals surface area contributed by atoms with Crippen molar-refractivity contribution in [3.63, 3.8) is 0 Å². The van der Waals surface area contributed by atoms with Crippen molar-refractivity contribution in [3.05, 3.63) is 42.3 Å². The van der Waals surface area contributed by atoms with Crippen LogP contribution in [0.15, 0.2) is 36.5 Å². The van der Waals surface area contributed by atoms with Gasteiger partial charge in [0.05, 0.1) is 25.0 Å². The molecule has 3 aromatic rings. The van der Waals surface area contributed by atoms with Gasteiger partial charge in [-0.2, -0.15) is 10.1 Å².